The monoisotopic (exact) mass is 444 g/mol. The van der Waals surface area contributed by atoms with E-state index in [2.05, 4.69) is 5.32 Å². The molecule has 1 aliphatic carbocycles. The Morgan fingerprint density at radius 1 is 1.16 bits per heavy atom. The molecule has 1 N–H and O–H groups in total. The first-order chi connectivity index (χ1) is 14.8. The summed E-state index contributed by atoms with van der Waals surface area (Å²) in [6, 6.07) is 12.2. The van der Waals surface area contributed by atoms with Gasteiger partial charge in [-0.2, -0.15) is 4.31 Å². The predicted octanol–water partition coefficient (Wildman–Crippen LogP) is 3.13. The van der Waals surface area contributed by atoms with Gasteiger partial charge in [0.15, 0.2) is 0 Å². The highest BCUT2D eigenvalue weighted by molar-refractivity contribution is 7.89. The highest BCUT2D eigenvalue weighted by Crippen LogP contribution is 2.39. The summed E-state index contributed by atoms with van der Waals surface area (Å²) < 4.78 is 39.8. The number of hydrogen-bond acceptors (Lipinski definition) is 5. The molecule has 0 saturated heterocycles. The molecule has 1 fully saturated rings. The molecule has 2 aliphatic rings. The Balaban J connectivity index is 1.52. The van der Waals surface area contributed by atoms with Crippen LogP contribution in [0.15, 0.2) is 47.4 Å². The molecule has 1 saturated carbocycles. The van der Waals surface area contributed by atoms with Crippen molar-refractivity contribution in [2.24, 2.45) is 0 Å². The van der Waals surface area contributed by atoms with Gasteiger partial charge >= 0.3 is 0 Å². The van der Waals surface area contributed by atoms with Crippen molar-refractivity contribution in [2.75, 3.05) is 20.7 Å². The van der Waals surface area contributed by atoms with Gasteiger partial charge in [-0.1, -0.05) is 18.2 Å². The number of methoxy groups -OCH3 is 1. The first kappa shape index (κ1) is 21.6. The van der Waals surface area contributed by atoms with Crippen LogP contribution in [0.3, 0.4) is 0 Å². The van der Waals surface area contributed by atoms with Crippen molar-refractivity contribution in [1.29, 1.82) is 0 Å². The maximum absolute atomic E-state index is 13.4. The zero-order chi connectivity index (χ0) is 22.2. The number of fused-ring (bicyclic) bond motifs is 1. The van der Waals surface area contributed by atoms with E-state index in [-0.39, 0.29) is 16.8 Å². The van der Waals surface area contributed by atoms with Crippen LogP contribution in [0.25, 0.3) is 0 Å². The van der Waals surface area contributed by atoms with Crippen LogP contribution in [0, 0.1) is 6.92 Å². The number of nitrogens with one attached hydrogen (secondary N) is 1. The van der Waals surface area contributed by atoms with Crippen LogP contribution in [0.5, 0.6) is 11.5 Å². The van der Waals surface area contributed by atoms with Gasteiger partial charge in [-0.15, -0.1) is 0 Å². The lowest BCUT2D eigenvalue weighted by atomic mass is 9.82. The van der Waals surface area contributed by atoms with Crippen molar-refractivity contribution in [3.63, 3.8) is 0 Å². The molecular weight excluding hydrogens is 416 g/mol. The summed E-state index contributed by atoms with van der Waals surface area (Å²) in [6.07, 6.45) is 2.58. The van der Waals surface area contributed by atoms with Gasteiger partial charge in [0, 0.05) is 13.1 Å². The highest BCUT2D eigenvalue weighted by Gasteiger charge is 2.43. The lowest BCUT2D eigenvalue weighted by Gasteiger charge is -2.41. The van der Waals surface area contributed by atoms with E-state index in [1.165, 1.54) is 11.4 Å². The van der Waals surface area contributed by atoms with Crippen LogP contribution in [0.4, 0.5) is 0 Å². The van der Waals surface area contributed by atoms with E-state index in [9.17, 15) is 13.2 Å². The van der Waals surface area contributed by atoms with Crippen molar-refractivity contribution in [2.45, 2.75) is 49.1 Å². The second kappa shape index (κ2) is 8.16. The summed E-state index contributed by atoms with van der Waals surface area (Å²) in [5.74, 6) is 0.790. The molecule has 1 spiro atoms. The molecule has 1 amide bonds. The average molecular weight is 445 g/mol. The Bertz CT molecular complexity index is 1090. The number of carbonyl (C=O) groups excluding carboxylic acids is 1. The minimum Gasteiger partial charge on any atom is -0.495 e. The van der Waals surface area contributed by atoms with Crippen LogP contribution < -0.4 is 14.8 Å². The summed E-state index contributed by atoms with van der Waals surface area (Å²) in [6.45, 7) is 2.27. The van der Waals surface area contributed by atoms with E-state index in [1.807, 2.05) is 31.2 Å². The molecule has 1 aliphatic heterocycles. The fourth-order valence-electron chi connectivity index (χ4n) is 4.46. The van der Waals surface area contributed by atoms with Crippen LogP contribution in [0.1, 0.15) is 41.6 Å². The van der Waals surface area contributed by atoms with Crippen molar-refractivity contribution in [1.82, 2.24) is 9.62 Å². The van der Waals surface area contributed by atoms with E-state index in [0.717, 1.165) is 5.56 Å². The molecule has 0 atom stereocenters. The van der Waals surface area contributed by atoms with E-state index < -0.39 is 15.6 Å². The molecular formula is C23H28N2O5S. The van der Waals surface area contributed by atoms with Gasteiger partial charge < -0.3 is 14.8 Å². The predicted molar refractivity (Wildman–Crippen MR) is 117 cm³/mol. The molecule has 1 heterocycles. The van der Waals surface area contributed by atoms with Gasteiger partial charge in [-0.05, 0) is 62.4 Å². The number of nitrogens with zero attached hydrogens (tertiary/aromatic N) is 1. The van der Waals surface area contributed by atoms with Crippen molar-refractivity contribution < 1.29 is 22.7 Å². The molecule has 2 aromatic carbocycles. The SMILES string of the molecule is COc1ccc(C)cc1S(=O)(=O)N(C)C1CCC2(CC1)CNC(=O)c1ccccc1O2. The number of sulfonamides is 1. The maximum Gasteiger partial charge on any atom is 0.255 e. The zero-order valence-electron chi connectivity index (χ0n) is 18.1. The summed E-state index contributed by atoms with van der Waals surface area (Å²) in [7, 11) is -0.607. The van der Waals surface area contributed by atoms with Crippen LogP contribution in [-0.2, 0) is 10.0 Å². The third-order valence-corrected chi connectivity index (χ3v) is 8.32. The number of aryl methyl sites for hydroxylation is 1. The minimum atomic E-state index is -3.71. The summed E-state index contributed by atoms with van der Waals surface area (Å²) >= 11 is 0. The van der Waals surface area contributed by atoms with Gasteiger partial charge in [-0.3, -0.25) is 4.79 Å². The second-order valence-corrected chi connectivity index (χ2v) is 10.3. The molecule has 0 aromatic heterocycles. The number of amides is 1. The molecule has 31 heavy (non-hydrogen) atoms. The normalized spacial score (nSPS) is 23.6. The number of ether oxygens (including phenoxy) is 2. The summed E-state index contributed by atoms with van der Waals surface area (Å²) in [5.41, 5.74) is 0.870. The van der Waals surface area contributed by atoms with Gasteiger partial charge in [0.25, 0.3) is 5.91 Å². The van der Waals surface area contributed by atoms with E-state index in [0.29, 0.717) is 49.3 Å². The van der Waals surface area contributed by atoms with Crippen LogP contribution in [0.2, 0.25) is 0 Å². The number of para-hydroxylation sites is 1. The Morgan fingerprint density at radius 3 is 2.58 bits per heavy atom. The fourth-order valence-corrected chi connectivity index (χ4v) is 6.11. The zero-order valence-corrected chi connectivity index (χ0v) is 18.9. The van der Waals surface area contributed by atoms with Crippen molar-refractivity contribution in [3.05, 3.63) is 53.6 Å². The Morgan fingerprint density at radius 2 is 1.87 bits per heavy atom. The van der Waals surface area contributed by atoms with Crippen LogP contribution in [-0.4, -0.2) is 51.0 Å². The Hall–Kier alpha value is -2.58. The molecule has 8 heteroatoms. The first-order valence-electron chi connectivity index (χ1n) is 10.4. The molecule has 7 nitrogen and oxygen atoms in total. The topological polar surface area (TPSA) is 84.9 Å². The fraction of sp³-hybridized carbons (Fsp3) is 0.435. The third-order valence-electron chi connectivity index (χ3n) is 6.39. The third kappa shape index (κ3) is 4.02. The number of rotatable bonds is 4. The lowest BCUT2D eigenvalue weighted by Crippen LogP contribution is -2.51. The molecule has 0 radical (unpaired) electrons. The molecule has 2 aromatic rings. The number of hydrogen-bond donors (Lipinski definition) is 1. The van der Waals surface area contributed by atoms with Gasteiger partial charge in [-0.25, -0.2) is 8.42 Å². The summed E-state index contributed by atoms with van der Waals surface area (Å²) in [4.78, 5) is 12.6. The van der Waals surface area contributed by atoms with E-state index >= 15 is 0 Å². The molecule has 0 bridgehead atoms. The van der Waals surface area contributed by atoms with E-state index in [4.69, 9.17) is 9.47 Å². The summed E-state index contributed by atoms with van der Waals surface area (Å²) in [5, 5.41) is 2.97. The standard InChI is InChI=1S/C23H28N2O5S/c1-16-8-9-20(29-3)21(14-16)31(27,28)25(2)17-10-12-23(13-11-17)15-24-22(26)18-6-4-5-7-19(18)30-23/h4-9,14,17H,10-13,15H2,1-3H3,(H,24,26). The molecule has 0 unspecified atom stereocenters. The van der Waals surface area contributed by atoms with E-state index in [1.54, 1.807) is 25.2 Å². The van der Waals surface area contributed by atoms with Gasteiger partial charge in [0.2, 0.25) is 10.0 Å². The van der Waals surface area contributed by atoms with Gasteiger partial charge in [0.05, 0.1) is 19.2 Å². The highest BCUT2D eigenvalue weighted by atomic mass is 32.2. The quantitative estimate of drug-likeness (QED) is 0.783. The molecule has 166 valence electrons. The minimum absolute atomic E-state index is 0.138. The maximum atomic E-state index is 13.4. The first-order valence-corrected chi connectivity index (χ1v) is 11.9. The Kier molecular flexibility index (Phi) is 5.70. The van der Waals surface area contributed by atoms with Crippen molar-refractivity contribution >= 4 is 15.9 Å². The number of benzene rings is 2. The smallest absolute Gasteiger partial charge is 0.255 e. The second-order valence-electron chi connectivity index (χ2n) is 8.37. The van der Waals surface area contributed by atoms with Crippen LogP contribution >= 0.6 is 0 Å². The largest absolute Gasteiger partial charge is 0.495 e. The average Bonchev–Trinajstić information content (AvgIpc) is 2.90. The molecule has 4 rings (SSSR count). The Labute approximate surface area is 183 Å². The van der Waals surface area contributed by atoms with Gasteiger partial charge in [0.1, 0.15) is 22.0 Å². The lowest BCUT2D eigenvalue weighted by molar-refractivity contribution is 0.0196. The number of carbonyl (C=O) groups is 1. The van der Waals surface area contributed by atoms with Crippen molar-refractivity contribution in [3.8, 4) is 11.5 Å².